The molecule has 21 heavy (non-hydrogen) atoms. The van der Waals surface area contributed by atoms with Gasteiger partial charge in [-0.15, -0.1) is 0 Å². The molecular weight excluding hydrogens is 266 g/mol. The molecule has 3 heterocycles. The van der Waals surface area contributed by atoms with Gasteiger partial charge in [0.25, 0.3) is 0 Å². The van der Waals surface area contributed by atoms with Crippen LogP contribution in [0.4, 0.5) is 0 Å². The number of carbonyl (C=O) groups excluding carboxylic acids is 1. The summed E-state index contributed by atoms with van der Waals surface area (Å²) < 4.78 is 7.43. The van der Waals surface area contributed by atoms with Crippen molar-refractivity contribution in [2.75, 3.05) is 13.1 Å². The van der Waals surface area contributed by atoms with Gasteiger partial charge in [0.05, 0.1) is 6.54 Å². The molecule has 3 rings (SSSR count). The maximum absolute atomic E-state index is 12.6. The van der Waals surface area contributed by atoms with Crippen molar-refractivity contribution in [1.82, 2.24) is 14.5 Å². The van der Waals surface area contributed by atoms with Crippen LogP contribution in [0.5, 0.6) is 0 Å². The fourth-order valence-electron chi connectivity index (χ4n) is 2.99. The summed E-state index contributed by atoms with van der Waals surface area (Å²) in [5.74, 6) is 2.66. The van der Waals surface area contributed by atoms with Gasteiger partial charge >= 0.3 is 0 Å². The molecule has 0 spiro atoms. The van der Waals surface area contributed by atoms with E-state index in [1.165, 1.54) is 0 Å². The number of furan rings is 1. The fraction of sp³-hybridized carbons (Fsp3) is 0.500. The van der Waals surface area contributed by atoms with Crippen molar-refractivity contribution in [1.29, 1.82) is 0 Å². The normalized spacial score (nSPS) is 19.8. The number of hydrogen-bond acceptors (Lipinski definition) is 4. The quantitative estimate of drug-likeness (QED) is 0.810. The number of aromatic nitrogens is 2. The maximum atomic E-state index is 12.6. The van der Waals surface area contributed by atoms with Crippen LogP contribution in [0.2, 0.25) is 0 Å². The molecule has 0 radical (unpaired) electrons. The van der Waals surface area contributed by atoms with Gasteiger partial charge in [0.15, 0.2) is 5.82 Å². The van der Waals surface area contributed by atoms with Crippen LogP contribution >= 0.6 is 0 Å². The second kappa shape index (κ2) is 5.85. The number of imidazole rings is 1. The van der Waals surface area contributed by atoms with E-state index in [0.29, 0.717) is 5.82 Å². The lowest BCUT2D eigenvalue weighted by molar-refractivity contribution is 0.0788. The minimum Gasteiger partial charge on any atom is -0.465 e. The maximum Gasteiger partial charge on any atom is 0.202 e. The van der Waals surface area contributed by atoms with Crippen LogP contribution in [0.25, 0.3) is 0 Å². The highest BCUT2D eigenvalue weighted by Gasteiger charge is 2.28. The first-order valence-corrected chi connectivity index (χ1v) is 7.42. The standard InChI is InChI=1S/C16H21N3O2/c1-12-5-6-14(21-12)11-19-8-3-4-13(10-19)15(20)16-17-7-9-18(16)2/h5-7,9,13H,3-4,8,10-11H2,1-2H3/t13-/m0/s1. The summed E-state index contributed by atoms with van der Waals surface area (Å²) in [5, 5.41) is 0. The first kappa shape index (κ1) is 14.1. The molecule has 1 atom stereocenters. The van der Waals surface area contributed by atoms with Crippen LogP contribution in [-0.4, -0.2) is 33.3 Å². The molecule has 0 saturated carbocycles. The fourth-order valence-corrected chi connectivity index (χ4v) is 2.99. The van der Waals surface area contributed by atoms with Crippen molar-refractivity contribution in [3.8, 4) is 0 Å². The number of hydrogen-bond donors (Lipinski definition) is 0. The van der Waals surface area contributed by atoms with Crippen molar-refractivity contribution in [2.24, 2.45) is 13.0 Å². The summed E-state index contributed by atoms with van der Waals surface area (Å²) >= 11 is 0. The van der Waals surface area contributed by atoms with Gasteiger partial charge in [0.2, 0.25) is 5.78 Å². The number of likely N-dealkylation sites (tertiary alicyclic amines) is 1. The van der Waals surface area contributed by atoms with Crippen molar-refractivity contribution >= 4 is 5.78 Å². The molecule has 0 aliphatic carbocycles. The molecule has 1 saturated heterocycles. The van der Waals surface area contributed by atoms with Crippen LogP contribution in [0.15, 0.2) is 28.9 Å². The Morgan fingerprint density at radius 2 is 2.33 bits per heavy atom. The average molecular weight is 287 g/mol. The molecule has 0 amide bonds. The summed E-state index contributed by atoms with van der Waals surface area (Å²) in [5.41, 5.74) is 0. The topological polar surface area (TPSA) is 51.3 Å². The molecule has 0 bridgehead atoms. The highest BCUT2D eigenvalue weighted by molar-refractivity contribution is 5.94. The highest BCUT2D eigenvalue weighted by atomic mass is 16.3. The molecule has 1 aliphatic rings. The molecule has 0 unspecified atom stereocenters. The van der Waals surface area contributed by atoms with Gasteiger partial charge < -0.3 is 8.98 Å². The van der Waals surface area contributed by atoms with Crippen molar-refractivity contribution in [3.05, 3.63) is 41.9 Å². The van der Waals surface area contributed by atoms with Crippen LogP contribution < -0.4 is 0 Å². The van der Waals surface area contributed by atoms with Crippen molar-refractivity contribution in [3.63, 3.8) is 0 Å². The smallest absolute Gasteiger partial charge is 0.202 e. The van der Waals surface area contributed by atoms with E-state index in [0.717, 1.165) is 44.0 Å². The van der Waals surface area contributed by atoms with E-state index in [-0.39, 0.29) is 11.7 Å². The molecule has 0 N–H and O–H groups in total. The third kappa shape index (κ3) is 3.08. The Kier molecular flexibility index (Phi) is 3.92. The van der Waals surface area contributed by atoms with E-state index < -0.39 is 0 Å². The Labute approximate surface area is 124 Å². The molecule has 5 heteroatoms. The summed E-state index contributed by atoms with van der Waals surface area (Å²) in [4.78, 5) is 19.0. The first-order chi connectivity index (χ1) is 10.1. The average Bonchev–Trinajstić information content (AvgIpc) is 3.07. The zero-order chi connectivity index (χ0) is 14.8. The Hall–Kier alpha value is -1.88. The minimum atomic E-state index is 0.0379. The van der Waals surface area contributed by atoms with Crippen LogP contribution in [-0.2, 0) is 13.6 Å². The van der Waals surface area contributed by atoms with Crippen LogP contribution in [0.1, 0.15) is 35.0 Å². The van der Waals surface area contributed by atoms with Crippen LogP contribution in [0, 0.1) is 12.8 Å². The van der Waals surface area contributed by atoms with Gasteiger partial charge in [-0.3, -0.25) is 9.69 Å². The summed E-state index contributed by atoms with van der Waals surface area (Å²) in [6, 6.07) is 4.00. The van der Waals surface area contributed by atoms with E-state index in [4.69, 9.17) is 4.42 Å². The van der Waals surface area contributed by atoms with E-state index in [1.807, 2.05) is 32.3 Å². The molecule has 2 aromatic rings. The number of ketones is 1. The van der Waals surface area contributed by atoms with Gasteiger partial charge in [0.1, 0.15) is 11.5 Å². The number of carbonyl (C=O) groups is 1. The van der Waals surface area contributed by atoms with Crippen molar-refractivity contribution in [2.45, 2.75) is 26.3 Å². The lowest BCUT2D eigenvalue weighted by Crippen LogP contribution is -2.38. The number of Topliss-reactive ketones (excluding diaryl/α,β-unsaturated/α-hetero) is 1. The predicted molar refractivity (Wildman–Crippen MR) is 79.0 cm³/mol. The molecule has 1 fully saturated rings. The molecule has 1 aliphatic heterocycles. The molecular formula is C16H21N3O2. The van der Waals surface area contributed by atoms with Gasteiger partial charge in [-0.25, -0.2) is 4.98 Å². The number of nitrogens with zero attached hydrogens (tertiary/aromatic N) is 3. The van der Waals surface area contributed by atoms with Gasteiger partial charge in [-0.1, -0.05) is 0 Å². The number of rotatable bonds is 4. The number of aryl methyl sites for hydroxylation is 2. The highest BCUT2D eigenvalue weighted by Crippen LogP contribution is 2.22. The predicted octanol–water partition coefficient (Wildman–Crippen LogP) is 2.42. The summed E-state index contributed by atoms with van der Waals surface area (Å²) in [6.07, 6.45) is 5.48. The summed E-state index contributed by atoms with van der Waals surface area (Å²) in [7, 11) is 1.87. The van der Waals surface area contributed by atoms with Gasteiger partial charge in [-0.2, -0.15) is 0 Å². The molecule has 5 nitrogen and oxygen atoms in total. The molecule has 112 valence electrons. The van der Waals surface area contributed by atoms with Crippen LogP contribution in [0.3, 0.4) is 0 Å². The van der Waals surface area contributed by atoms with E-state index in [2.05, 4.69) is 9.88 Å². The zero-order valence-corrected chi connectivity index (χ0v) is 12.6. The van der Waals surface area contributed by atoms with E-state index in [1.54, 1.807) is 10.8 Å². The van der Waals surface area contributed by atoms with Gasteiger partial charge in [0, 0.05) is 31.9 Å². The lowest BCUT2D eigenvalue weighted by atomic mass is 9.93. The van der Waals surface area contributed by atoms with E-state index in [9.17, 15) is 4.79 Å². The Morgan fingerprint density at radius 1 is 1.48 bits per heavy atom. The number of piperidine rings is 1. The monoisotopic (exact) mass is 287 g/mol. The second-order valence-corrected chi connectivity index (χ2v) is 5.81. The van der Waals surface area contributed by atoms with Crippen molar-refractivity contribution < 1.29 is 9.21 Å². The Balaban J connectivity index is 1.65. The minimum absolute atomic E-state index is 0.0379. The summed E-state index contributed by atoms with van der Waals surface area (Å²) in [6.45, 7) is 4.53. The molecule has 0 aromatic carbocycles. The Bertz CT molecular complexity index is 629. The zero-order valence-electron chi connectivity index (χ0n) is 12.6. The second-order valence-electron chi connectivity index (χ2n) is 5.81. The molecule has 2 aromatic heterocycles. The third-order valence-electron chi connectivity index (χ3n) is 4.09. The third-order valence-corrected chi connectivity index (χ3v) is 4.09. The van der Waals surface area contributed by atoms with Gasteiger partial charge in [-0.05, 0) is 38.4 Å². The largest absolute Gasteiger partial charge is 0.465 e. The first-order valence-electron chi connectivity index (χ1n) is 7.42. The lowest BCUT2D eigenvalue weighted by Gasteiger charge is -2.31. The van der Waals surface area contributed by atoms with E-state index >= 15 is 0 Å². The Morgan fingerprint density at radius 3 is 3.00 bits per heavy atom. The SMILES string of the molecule is Cc1ccc(CN2CCC[C@H](C(=O)c3nccn3C)C2)o1.